The molecule has 2 heterocycles. The molecule has 0 unspecified atom stereocenters. The van der Waals surface area contributed by atoms with Gasteiger partial charge in [-0.05, 0) is 23.6 Å². The molecule has 0 fully saturated rings. The Kier molecular flexibility index (Phi) is 3.23. The van der Waals surface area contributed by atoms with Gasteiger partial charge in [0, 0.05) is 12.6 Å². The van der Waals surface area contributed by atoms with Gasteiger partial charge in [0.25, 0.3) is 0 Å². The van der Waals surface area contributed by atoms with Gasteiger partial charge in [-0.3, -0.25) is 4.68 Å². The second-order valence-corrected chi connectivity index (χ2v) is 5.66. The van der Waals surface area contributed by atoms with Crippen molar-refractivity contribution in [1.29, 1.82) is 0 Å². The van der Waals surface area contributed by atoms with Crippen LogP contribution in [0.5, 0.6) is 0 Å². The summed E-state index contributed by atoms with van der Waals surface area (Å²) in [5.41, 5.74) is 7.54. The fraction of sp³-hybridized carbons (Fsp3) is 0.0714. The number of aryl methyl sites for hydroxylation is 1. The molecule has 0 spiro atoms. The Morgan fingerprint density at radius 2 is 2.05 bits per heavy atom. The van der Waals surface area contributed by atoms with Crippen LogP contribution in [0, 0.1) is 5.82 Å². The van der Waals surface area contributed by atoms with E-state index in [0.29, 0.717) is 27.7 Å². The van der Waals surface area contributed by atoms with Crippen LogP contribution in [0.3, 0.4) is 0 Å². The van der Waals surface area contributed by atoms with Gasteiger partial charge in [-0.25, -0.2) is 4.39 Å². The van der Waals surface area contributed by atoms with Crippen LogP contribution in [-0.2, 0) is 7.05 Å². The molecule has 0 amide bonds. The van der Waals surface area contributed by atoms with Crippen LogP contribution >= 0.6 is 22.9 Å². The zero-order valence-corrected chi connectivity index (χ0v) is 12.2. The first-order chi connectivity index (χ1) is 9.59. The Morgan fingerprint density at radius 3 is 2.70 bits per heavy atom. The van der Waals surface area contributed by atoms with Crippen molar-refractivity contribution in [3.63, 3.8) is 0 Å². The molecule has 0 bridgehead atoms. The molecular weight excluding hydrogens is 297 g/mol. The number of thiophene rings is 1. The monoisotopic (exact) mass is 307 g/mol. The third-order valence-corrected chi connectivity index (χ3v) is 4.25. The zero-order valence-electron chi connectivity index (χ0n) is 10.6. The average Bonchev–Trinajstić information content (AvgIpc) is 3.01. The minimum atomic E-state index is -0.407. The molecule has 6 heteroatoms. The van der Waals surface area contributed by atoms with Crippen molar-refractivity contribution >= 4 is 28.8 Å². The van der Waals surface area contributed by atoms with Crippen LogP contribution in [-0.4, -0.2) is 9.78 Å². The lowest BCUT2D eigenvalue weighted by Crippen LogP contribution is -1.98. The molecular formula is C14H11ClFN3S. The van der Waals surface area contributed by atoms with E-state index in [4.69, 9.17) is 17.3 Å². The average molecular weight is 308 g/mol. The maximum atomic E-state index is 14.2. The molecule has 2 N–H and O–H groups in total. The predicted octanol–water partition coefficient (Wildman–Crippen LogP) is 4.19. The summed E-state index contributed by atoms with van der Waals surface area (Å²) in [6.07, 6.45) is 0. The summed E-state index contributed by atoms with van der Waals surface area (Å²) in [4.78, 5) is 0.923. The molecule has 0 radical (unpaired) electrons. The van der Waals surface area contributed by atoms with E-state index in [0.717, 1.165) is 4.88 Å². The van der Waals surface area contributed by atoms with Crippen LogP contribution in [0.1, 0.15) is 0 Å². The summed E-state index contributed by atoms with van der Waals surface area (Å²) in [6.45, 7) is 0. The Balaban J connectivity index is 2.34. The molecule has 0 aliphatic heterocycles. The summed E-state index contributed by atoms with van der Waals surface area (Å²) >= 11 is 7.67. The number of aromatic nitrogens is 2. The Hall–Kier alpha value is -1.85. The SMILES string of the molecule is Cn1nc(-c2cccs2)c(-c2c(F)cccc2Cl)c1N. The normalized spacial score (nSPS) is 10.9. The highest BCUT2D eigenvalue weighted by atomic mass is 35.5. The van der Waals surface area contributed by atoms with E-state index < -0.39 is 5.82 Å². The number of rotatable bonds is 2. The topological polar surface area (TPSA) is 43.8 Å². The van der Waals surface area contributed by atoms with E-state index in [9.17, 15) is 4.39 Å². The molecule has 0 aliphatic carbocycles. The minimum absolute atomic E-state index is 0.295. The second-order valence-electron chi connectivity index (χ2n) is 4.31. The van der Waals surface area contributed by atoms with Gasteiger partial charge in [0.15, 0.2) is 0 Å². The maximum Gasteiger partial charge on any atom is 0.132 e. The first-order valence-corrected chi connectivity index (χ1v) is 7.16. The van der Waals surface area contributed by atoms with E-state index in [-0.39, 0.29) is 0 Å². The summed E-state index contributed by atoms with van der Waals surface area (Å²) in [5.74, 6) is -0.0181. The number of hydrogen-bond donors (Lipinski definition) is 1. The first-order valence-electron chi connectivity index (χ1n) is 5.90. The van der Waals surface area contributed by atoms with Gasteiger partial charge in [-0.1, -0.05) is 23.7 Å². The number of hydrogen-bond acceptors (Lipinski definition) is 3. The zero-order chi connectivity index (χ0) is 14.3. The number of halogens is 2. The number of benzene rings is 1. The number of nitrogens with zero attached hydrogens (tertiary/aromatic N) is 2. The van der Waals surface area contributed by atoms with Crippen molar-refractivity contribution < 1.29 is 4.39 Å². The molecule has 1 aromatic carbocycles. The van der Waals surface area contributed by atoms with Crippen molar-refractivity contribution in [2.24, 2.45) is 7.05 Å². The number of nitrogens with two attached hydrogens (primary N) is 1. The van der Waals surface area contributed by atoms with Crippen LogP contribution in [0.4, 0.5) is 10.2 Å². The molecule has 102 valence electrons. The molecule has 0 saturated carbocycles. The highest BCUT2D eigenvalue weighted by Gasteiger charge is 2.22. The van der Waals surface area contributed by atoms with Crippen molar-refractivity contribution in [2.75, 3.05) is 5.73 Å². The van der Waals surface area contributed by atoms with E-state index in [2.05, 4.69) is 5.10 Å². The summed E-state index contributed by atoms with van der Waals surface area (Å²) in [5, 5.41) is 6.65. The van der Waals surface area contributed by atoms with Crippen molar-refractivity contribution in [3.05, 3.63) is 46.6 Å². The minimum Gasteiger partial charge on any atom is -0.383 e. The van der Waals surface area contributed by atoms with Gasteiger partial charge in [0.2, 0.25) is 0 Å². The van der Waals surface area contributed by atoms with E-state index in [1.54, 1.807) is 19.2 Å². The van der Waals surface area contributed by atoms with Crippen molar-refractivity contribution in [2.45, 2.75) is 0 Å². The quantitative estimate of drug-likeness (QED) is 0.771. The number of nitrogen functional groups attached to an aromatic ring is 1. The first kappa shape index (κ1) is 13.1. The third-order valence-electron chi connectivity index (χ3n) is 3.06. The third kappa shape index (κ3) is 1.99. The van der Waals surface area contributed by atoms with Crippen LogP contribution in [0.2, 0.25) is 5.02 Å². The largest absolute Gasteiger partial charge is 0.383 e. The standard InChI is InChI=1S/C14H11ClFN3S/c1-19-14(17)12(11-8(15)4-2-5-9(11)16)13(18-19)10-6-3-7-20-10/h2-7H,17H2,1H3. The molecule has 20 heavy (non-hydrogen) atoms. The van der Waals surface area contributed by atoms with Crippen molar-refractivity contribution in [3.8, 4) is 21.7 Å². The van der Waals surface area contributed by atoms with Crippen molar-refractivity contribution in [1.82, 2.24) is 9.78 Å². The fourth-order valence-electron chi connectivity index (χ4n) is 2.11. The molecule has 0 aliphatic rings. The van der Waals surface area contributed by atoms with Gasteiger partial charge < -0.3 is 5.73 Å². The van der Waals surface area contributed by atoms with Gasteiger partial charge >= 0.3 is 0 Å². The fourth-order valence-corrected chi connectivity index (χ4v) is 3.08. The van der Waals surface area contributed by atoms with Crippen LogP contribution in [0.15, 0.2) is 35.7 Å². The van der Waals surface area contributed by atoms with E-state index in [1.165, 1.54) is 22.1 Å². The highest BCUT2D eigenvalue weighted by Crippen LogP contribution is 2.41. The summed E-state index contributed by atoms with van der Waals surface area (Å²) in [7, 11) is 1.73. The summed E-state index contributed by atoms with van der Waals surface area (Å²) < 4.78 is 15.7. The second kappa shape index (κ2) is 4.92. The smallest absolute Gasteiger partial charge is 0.132 e. The molecule has 2 aromatic heterocycles. The maximum absolute atomic E-state index is 14.2. The molecule has 3 nitrogen and oxygen atoms in total. The molecule has 3 aromatic rings. The lowest BCUT2D eigenvalue weighted by atomic mass is 10.0. The van der Waals surface area contributed by atoms with Gasteiger partial charge in [0.05, 0.1) is 15.5 Å². The van der Waals surface area contributed by atoms with Crippen LogP contribution < -0.4 is 5.73 Å². The van der Waals surface area contributed by atoms with Gasteiger partial charge in [-0.2, -0.15) is 5.10 Å². The molecule has 3 rings (SSSR count). The van der Waals surface area contributed by atoms with Gasteiger partial charge in [-0.15, -0.1) is 11.3 Å². The highest BCUT2D eigenvalue weighted by molar-refractivity contribution is 7.13. The van der Waals surface area contributed by atoms with E-state index >= 15 is 0 Å². The molecule has 0 atom stereocenters. The number of anilines is 1. The Labute approximate surface area is 124 Å². The Bertz CT molecular complexity index is 745. The van der Waals surface area contributed by atoms with Gasteiger partial charge in [0.1, 0.15) is 17.3 Å². The lowest BCUT2D eigenvalue weighted by molar-refractivity contribution is 0.631. The van der Waals surface area contributed by atoms with Crippen LogP contribution in [0.25, 0.3) is 21.7 Å². The van der Waals surface area contributed by atoms with E-state index in [1.807, 2.05) is 17.5 Å². The lowest BCUT2D eigenvalue weighted by Gasteiger charge is -2.07. The Morgan fingerprint density at radius 1 is 1.25 bits per heavy atom. The predicted molar refractivity (Wildman–Crippen MR) is 81.3 cm³/mol. The summed E-state index contributed by atoms with van der Waals surface area (Å²) in [6, 6.07) is 8.41. The molecule has 0 saturated heterocycles.